The van der Waals surface area contributed by atoms with Crippen LogP contribution in [0.3, 0.4) is 0 Å². The molecular formula is C48H62N6O8. The molecule has 4 saturated carbocycles. The molecule has 14 nitrogen and oxygen atoms in total. The van der Waals surface area contributed by atoms with E-state index >= 15 is 0 Å². The van der Waals surface area contributed by atoms with E-state index in [1.54, 1.807) is 48.5 Å². The Hall–Kier alpha value is -5.92. The number of aliphatic imine (C=N–C) groups is 2. The predicted octanol–water partition coefficient (Wildman–Crippen LogP) is 8.58. The number of carbonyl (C=O) groups excluding carboxylic acids is 4. The van der Waals surface area contributed by atoms with Crippen LogP contribution >= 0.6 is 0 Å². The van der Waals surface area contributed by atoms with E-state index in [4.69, 9.17) is 30.4 Å². The first-order valence-electron chi connectivity index (χ1n) is 22.5. The Morgan fingerprint density at radius 1 is 0.484 bits per heavy atom. The van der Waals surface area contributed by atoms with Gasteiger partial charge in [0.1, 0.15) is 41.4 Å². The van der Waals surface area contributed by atoms with Gasteiger partial charge in [-0.05, 0) is 150 Å². The van der Waals surface area contributed by atoms with Gasteiger partial charge in [-0.15, -0.1) is 0 Å². The van der Waals surface area contributed by atoms with Crippen LogP contribution in [0.1, 0.15) is 140 Å². The van der Waals surface area contributed by atoms with Crippen LogP contribution in [-0.2, 0) is 38.1 Å². The molecule has 0 aromatic heterocycles. The molecule has 2 aromatic rings. The second-order valence-electron chi connectivity index (χ2n) is 16.7. The molecule has 0 unspecified atom stereocenters. The topological polar surface area (TPSA) is 206 Å². The highest BCUT2D eigenvalue weighted by molar-refractivity contribution is 6.18. The first-order valence-corrected chi connectivity index (χ1v) is 22.5. The lowest BCUT2D eigenvalue weighted by Gasteiger charge is -2.24. The molecule has 332 valence electrons. The zero-order chi connectivity index (χ0) is 43.7. The molecule has 0 spiro atoms. The van der Waals surface area contributed by atoms with Crippen LogP contribution < -0.4 is 22.1 Å². The summed E-state index contributed by atoms with van der Waals surface area (Å²) >= 11 is 0. The lowest BCUT2D eigenvalue weighted by Crippen LogP contribution is -2.28. The molecule has 2 aromatic carbocycles. The Morgan fingerprint density at radius 3 is 1.11 bits per heavy atom. The molecule has 0 aliphatic heterocycles. The zero-order valence-electron chi connectivity index (χ0n) is 35.7. The van der Waals surface area contributed by atoms with Crippen molar-refractivity contribution in [3.05, 3.63) is 83.2 Å². The van der Waals surface area contributed by atoms with Crippen molar-refractivity contribution < 1.29 is 38.1 Å². The van der Waals surface area contributed by atoms with Crippen molar-refractivity contribution >= 4 is 59.3 Å². The average molecular weight is 851 g/mol. The number of ether oxygens (including phenoxy) is 4. The van der Waals surface area contributed by atoms with E-state index in [0.29, 0.717) is 22.5 Å². The Labute approximate surface area is 364 Å². The number of rotatable bonds is 14. The van der Waals surface area contributed by atoms with E-state index in [9.17, 15) is 19.2 Å². The van der Waals surface area contributed by atoms with Crippen LogP contribution in [0.2, 0.25) is 0 Å². The maximum Gasteiger partial charge on any atom is 0.345 e. The van der Waals surface area contributed by atoms with Crippen LogP contribution in [0, 0.1) is 0 Å². The largest absolute Gasteiger partial charge is 0.459 e. The molecule has 6 N–H and O–H groups in total. The van der Waals surface area contributed by atoms with Gasteiger partial charge >= 0.3 is 23.9 Å². The standard InChI is InChI=1S/C48H62N6O8/c1-32(51-35-26-22-33(23-27-35)30-41(43(55)59-37-14-6-2-7-15-37)44(56)60-38-16-8-3-9-17-38)52-47(49)54-48(50)53-36-28-24-34(25-29-36)31-42(45(57)61-39-18-10-4-11-19-39)46(58)62-40-20-12-5-13-21-40/h22-31,37-40,51H,1-21H2,(H5,49,50,52,53,54). The summed E-state index contributed by atoms with van der Waals surface area (Å²) in [4.78, 5) is 61.5. The number of esters is 4. The number of carbonyl (C=O) groups is 4. The van der Waals surface area contributed by atoms with E-state index in [0.717, 1.165) is 128 Å². The van der Waals surface area contributed by atoms with Crippen molar-refractivity contribution in [1.82, 2.24) is 0 Å². The summed E-state index contributed by atoms with van der Waals surface area (Å²) in [5.74, 6) is -2.66. The van der Waals surface area contributed by atoms with E-state index in [2.05, 4.69) is 27.2 Å². The van der Waals surface area contributed by atoms with E-state index in [1.807, 2.05) is 0 Å². The second kappa shape index (κ2) is 23.3. The van der Waals surface area contributed by atoms with Crippen LogP contribution in [0.4, 0.5) is 11.4 Å². The molecule has 4 aliphatic rings. The molecule has 0 atom stereocenters. The molecule has 4 fully saturated rings. The Kier molecular flexibility index (Phi) is 17.2. The maximum atomic E-state index is 13.3. The van der Waals surface area contributed by atoms with Gasteiger partial charge in [0, 0.05) is 11.4 Å². The second-order valence-corrected chi connectivity index (χ2v) is 16.7. The minimum atomic E-state index is -0.665. The predicted molar refractivity (Wildman–Crippen MR) is 240 cm³/mol. The summed E-state index contributed by atoms with van der Waals surface area (Å²) in [6.45, 7) is 3.92. The van der Waals surface area contributed by atoms with Crippen molar-refractivity contribution in [2.45, 2.75) is 153 Å². The van der Waals surface area contributed by atoms with Crippen molar-refractivity contribution in [3.63, 3.8) is 0 Å². The minimum Gasteiger partial charge on any atom is -0.459 e. The van der Waals surface area contributed by atoms with Gasteiger partial charge < -0.3 is 41.0 Å². The first kappa shape index (κ1) is 45.6. The van der Waals surface area contributed by atoms with Gasteiger partial charge in [-0.25, -0.2) is 19.2 Å². The van der Waals surface area contributed by atoms with Gasteiger partial charge in [-0.1, -0.05) is 56.5 Å². The molecule has 6 rings (SSSR count). The van der Waals surface area contributed by atoms with Crippen molar-refractivity contribution in [2.24, 2.45) is 21.5 Å². The number of guanidine groups is 2. The number of nitrogens with zero attached hydrogens (tertiary/aromatic N) is 2. The van der Waals surface area contributed by atoms with Crippen LogP contribution in [0.5, 0.6) is 0 Å². The summed E-state index contributed by atoms with van der Waals surface area (Å²) in [6, 6.07) is 13.9. The molecule has 0 bridgehead atoms. The fourth-order valence-corrected chi connectivity index (χ4v) is 8.31. The maximum absolute atomic E-state index is 13.3. The zero-order valence-corrected chi connectivity index (χ0v) is 35.7. The Morgan fingerprint density at radius 2 is 0.790 bits per heavy atom. The van der Waals surface area contributed by atoms with Crippen molar-refractivity contribution in [2.75, 3.05) is 10.6 Å². The molecule has 62 heavy (non-hydrogen) atoms. The van der Waals surface area contributed by atoms with Crippen LogP contribution in [0.25, 0.3) is 12.2 Å². The average Bonchev–Trinajstić information content (AvgIpc) is 3.27. The third-order valence-electron chi connectivity index (χ3n) is 11.7. The van der Waals surface area contributed by atoms with E-state index in [1.165, 1.54) is 12.2 Å². The fourth-order valence-electron chi connectivity index (χ4n) is 8.31. The summed E-state index contributed by atoms with van der Waals surface area (Å²) in [7, 11) is 0. The first-order chi connectivity index (χ1) is 30.1. The lowest BCUT2D eigenvalue weighted by atomic mass is 9.97. The molecule has 14 heteroatoms. The number of anilines is 2. The highest BCUT2D eigenvalue weighted by Gasteiger charge is 2.30. The van der Waals surface area contributed by atoms with Gasteiger partial charge in [0.2, 0.25) is 11.9 Å². The SMILES string of the molecule is C=C(N=C(N)N=C(N)Nc1ccc(C=C(C(=O)OC2CCCCC2)C(=O)OC2CCCCC2)cc1)Nc1ccc(C=C(C(=O)OC2CCCCC2)C(=O)OC2CCCCC2)cc1. The Bertz CT molecular complexity index is 1920. The number of benzene rings is 2. The van der Waals surface area contributed by atoms with Crippen molar-refractivity contribution in [1.29, 1.82) is 0 Å². The summed E-state index contributed by atoms with van der Waals surface area (Å²) < 4.78 is 23.1. The quantitative estimate of drug-likeness (QED) is 0.0268. The third-order valence-corrected chi connectivity index (χ3v) is 11.7. The molecular weight excluding hydrogens is 789 g/mol. The van der Waals surface area contributed by atoms with E-state index in [-0.39, 0.29) is 53.3 Å². The van der Waals surface area contributed by atoms with E-state index < -0.39 is 23.9 Å². The van der Waals surface area contributed by atoms with Crippen LogP contribution in [0.15, 0.2) is 82.1 Å². The van der Waals surface area contributed by atoms with Crippen LogP contribution in [-0.4, -0.2) is 60.2 Å². The Balaban J connectivity index is 1.05. The monoisotopic (exact) mass is 850 g/mol. The van der Waals surface area contributed by atoms with Gasteiger partial charge in [0.05, 0.1) is 0 Å². The highest BCUT2D eigenvalue weighted by atomic mass is 16.6. The molecule has 0 radical (unpaired) electrons. The number of hydrogen-bond acceptors (Lipinski definition) is 10. The number of nitrogens with two attached hydrogens (primary N) is 2. The van der Waals surface area contributed by atoms with Gasteiger partial charge in [-0.3, -0.25) is 0 Å². The fraction of sp³-hybridized carbons (Fsp3) is 0.500. The minimum absolute atomic E-state index is 0.0360. The summed E-state index contributed by atoms with van der Waals surface area (Å²) in [6.07, 6.45) is 20.9. The third kappa shape index (κ3) is 14.6. The molecule has 0 amide bonds. The van der Waals surface area contributed by atoms with Gasteiger partial charge in [0.25, 0.3) is 0 Å². The van der Waals surface area contributed by atoms with Gasteiger partial charge in [-0.2, -0.15) is 9.98 Å². The normalized spacial score (nSPS) is 18.4. The molecule has 4 aliphatic carbocycles. The molecule has 0 saturated heterocycles. The number of hydrogen-bond donors (Lipinski definition) is 4. The van der Waals surface area contributed by atoms with Crippen molar-refractivity contribution in [3.8, 4) is 0 Å². The summed E-state index contributed by atoms with van der Waals surface area (Å²) in [5.41, 5.74) is 14.4. The smallest absolute Gasteiger partial charge is 0.345 e. The summed E-state index contributed by atoms with van der Waals surface area (Å²) in [5, 5.41) is 6.00. The lowest BCUT2D eigenvalue weighted by molar-refractivity contribution is -0.155. The molecule has 0 heterocycles. The highest BCUT2D eigenvalue weighted by Crippen LogP contribution is 2.27. The number of nitrogens with one attached hydrogen (secondary N) is 2. The van der Waals surface area contributed by atoms with Gasteiger partial charge in [0.15, 0.2) is 0 Å².